The molecule has 1 aromatic rings. The largest absolute Gasteiger partial charge is 0.325 e. The number of carbonyl (C=O) groups is 1. The Morgan fingerprint density at radius 1 is 1.38 bits per heavy atom. The Bertz CT molecular complexity index is 615. The predicted molar refractivity (Wildman–Crippen MR) is 88.8 cm³/mol. The fraction of sp³-hybridized carbons (Fsp3) is 0.500. The molecule has 0 fully saturated rings. The summed E-state index contributed by atoms with van der Waals surface area (Å²) in [5.41, 5.74) is 1.70. The number of nitrogens with one attached hydrogen (secondary N) is 1. The Labute approximate surface area is 134 Å². The van der Waals surface area contributed by atoms with Gasteiger partial charge in [0.05, 0.1) is 12.8 Å². The summed E-state index contributed by atoms with van der Waals surface area (Å²) in [6.07, 6.45) is 1.12. The normalized spacial score (nSPS) is 12.0. The third kappa shape index (κ3) is 6.15. The first-order valence-corrected chi connectivity index (χ1v) is 9.25. The SMILES string of the molecule is Cc1ccc(NC(=O)CN(CC(C)C)S(C)(=O)=O)cc1Br. The molecule has 1 amide bonds. The van der Waals surface area contributed by atoms with Crippen molar-refractivity contribution in [3.63, 3.8) is 0 Å². The maximum Gasteiger partial charge on any atom is 0.239 e. The van der Waals surface area contributed by atoms with E-state index in [1.165, 1.54) is 4.31 Å². The van der Waals surface area contributed by atoms with Crippen LogP contribution in [0.5, 0.6) is 0 Å². The molecule has 0 heterocycles. The smallest absolute Gasteiger partial charge is 0.239 e. The molecule has 0 aromatic heterocycles. The van der Waals surface area contributed by atoms with Crippen LogP contribution in [-0.4, -0.2) is 38.0 Å². The number of nitrogens with zero attached hydrogens (tertiary/aromatic N) is 1. The van der Waals surface area contributed by atoms with E-state index in [4.69, 9.17) is 0 Å². The van der Waals surface area contributed by atoms with E-state index >= 15 is 0 Å². The van der Waals surface area contributed by atoms with Gasteiger partial charge in [0.15, 0.2) is 0 Å². The van der Waals surface area contributed by atoms with E-state index in [1.807, 2.05) is 26.8 Å². The molecule has 21 heavy (non-hydrogen) atoms. The van der Waals surface area contributed by atoms with Crippen molar-refractivity contribution in [2.24, 2.45) is 5.92 Å². The van der Waals surface area contributed by atoms with Crippen molar-refractivity contribution in [2.45, 2.75) is 20.8 Å². The van der Waals surface area contributed by atoms with Gasteiger partial charge in [-0.1, -0.05) is 35.8 Å². The van der Waals surface area contributed by atoms with E-state index in [0.717, 1.165) is 16.3 Å². The number of aryl methyl sites for hydroxylation is 1. The summed E-state index contributed by atoms with van der Waals surface area (Å²) in [6, 6.07) is 5.45. The lowest BCUT2D eigenvalue weighted by atomic mass is 10.2. The average Bonchev–Trinajstić information content (AvgIpc) is 2.31. The van der Waals surface area contributed by atoms with Crippen LogP contribution in [-0.2, 0) is 14.8 Å². The molecule has 5 nitrogen and oxygen atoms in total. The summed E-state index contributed by atoms with van der Waals surface area (Å²) in [5.74, 6) is -0.196. The van der Waals surface area contributed by atoms with Crippen LogP contribution in [0.4, 0.5) is 5.69 Å². The Kier molecular flexibility index (Phi) is 6.37. The molecule has 0 atom stereocenters. The van der Waals surface area contributed by atoms with Crippen molar-refractivity contribution in [3.8, 4) is 0 Å². The van der Waals surface area contributed by atoms with E-state index in [9.17, 15) is 13.2 Å². The second-order valence-electron chi connectivity index (χ2n) is 5.46. The van der Waals surface area contributed by atoms with Crippen LogP contribution in [0.1, 0.15) is 19.4 Å². The number of amides is 1. The fourth-order valence-corrected chi connectivity index (χ4v) is 3.06. The summed E-state index contributed by atoms with van der Waals surface area (Å²) < 4.78 is 25.5. The molecule has 0 unspecified atom stereocenters. The molecule has 0 bridgehead atoms. The van der Waals surface area contributed by atoms with Crippen molar-refractivity contribution < 1.29 is 13.2 Å². The third-order valence-electron chi connectivity index (χ3n) is 2.81. The molecule has 0 saturated heterocycles. The van der Waals surface area contributed by atoms with Crippen LogP contribution in [0, 0.1) is 12.8 Å². The van der Waals surface area contributed by atoms with E-state index < -0.39 is 10.0 Å². The molecule has 1 N–H and O–H groups in total. The first-order valence-electron chi connectivity index (χ1n) is 6.60. The first-order chi connectivity index (χ1) is 9.59. The summed E-state index contributed by atoms with van der Waals surface area (Å²) in [6.45, 7) is 5.91. The molecule has 1 aromatic carbocycles. The number of hydrogen-bond acceptors (Lipinski definition) is 3. The molecule has 0 saturated carbocycles. The van der Waals surface area contributed by atoms with Crippen LogP contribution in [0.15, 0.2) is 22.7 Å². The molecule has 0 spiro atoms. The predicted octanol–water partition coefficient (Wildman–Crippen LogP) is 2.61. The van der Waals surface area contributed by atoms with Gasteiger partial charge in [-0.2, -0.15) is 4.31 Å². The van der Waals surface area contributed by atoms with Gasteiger partial charge in [-0.3, -0.25) is 4.79 Å². The lowest BCUT2D eigenvalue weighted by Crippen LogP contribution is -2.39. The minimum atomic E-state index is -3.40. The summed E-state index contributed by atoms with van der Waals surface area (Å²) >= 11 is 3.39. The molecule has 0 aliphatic heterocycles. The number of rotatable bonds is 6. The number of carbonyl (C=O) groups excluding carboxylic acids is 1. The Balaban J connectivity index is 2.76. The molecule has 0 aliphatic carbocycles. The van der Waals surface area contributed by atoms with E-state index in [1.54, 1.807) is 12.1 Å². The highest BCUT2D eigenvalue weighted by molar-refractivity contribution is 9.10. The van der Waals surface area contributed by atoms with Crippen molar-refractivity contribution in [3.05, 3.63) is 28.2 Å². The van der Waals surface area contributed by atoms with Crippen LogP contribution in [0.25, 0.3) is 0 Å². The van der Waals surface area contributed by atoms with E-state index in [0.29, 0.717) is 12.2 Å². The summed E-state index contributed by atoms with van der Waals surface area (Å²) in [5, 5.41) is 2.71. The highest BCUT2D eigenvalue weighted by Crippen LogP contribution is 2.20. The van der Waals surface area contributed by atoms with Crippen LogP contribution >= 0.6 is 15.9 Å². The van der Waals surface area contributed by atoms with Crippen molar-refractivity contribution in [1.82, 2.24) is 4.31 Å². The number of benzene rings is 1. The molecule has 0 radical (unpaired) electrons. The van der Waals surface area contributed by atoms with Gasteiger partial charge in [0.25, 0.3) is 0 Å². The zero-order valence-electron chi connectivity index (χ0n) is 12.7. The number of anilines is 1. The van der Waals surface area contributed by atoms with Crippen LogP contribution in [0.2, 0.25) is 0 Å². The number of sulfonamides is 1. The van der Waals surface area contributed by atoms with Gasteiger partial charge in [-0.15, -0.1) is 0 Å². The lowest BCUT2D eigenvalue weighted by molar-refractivity contribution is -0.116. The van der Waals surface area contributed by atoms with Gasteiger partial charge in [0, 0.05) is 16.7 Å². The van der Waals surface area contributed by atoms with Gasteiger partial charge in [0.2, 0.25) is 15.9 Å². The topological polar surface area (TPSA) is 66.5 Å². The van der Waals surface area contributed by atoms with Gasteiger partial charge in [0.1, 0.15) is 0 Å². The first kappa shape index (κ1) is 18.1. The van der Waals surface area contributed by atoms with Crippen molar-refractivity contribution in [1.29, 1.82) is 0 Å². The zero-order valence-corrected chi connectivity index (χ0v) is 15.1. The monoisotopic (exact) mass is 376 g/mol. The van der Waals surface area contributed by atoms with E-state index in [2.05, 4.69) is 21.2 Å². The summed E-state index contributed by atoms with van der Waals surface area (Å²) in [7, 11) is -3.40. The molecular formula is C14H21BrN2O3S. The van der Waals surface area contributed by atoms with E-state index in [-0.39, 0.29) is 18.4 Å². The zero-order chi connectivity index (χ0) is 16.2. The maximum atomic E-state index is 12.0. The number of halogens is 1. The Morgan fingerprint density at radius 2 is 2.00 bits per heavy atom. The van der Waals surface area contributed by atoms with Crippen molar-refractivity contribution in [2.75, 3.05) is 24.7 Å². The quantitative estimate of drug-likeness (QED) is 0.829. The lowest BCUT2D eigenvalue weighted by Gasteiger charge is -2.21. The molecule has 0 aliphatic rings. The fourth-order valence-electron chi connectivity index (χ4n) is 1.76. The molecule has 7 heteroatoms. The Hall–Kier alpha value is -0.920. The third-order valence-corrected chi connectivity index (χ3v) is 4.88. The highest BCUT2D eigenvalue weighted by Gasteiger charge is 2.21. The summed E-state index contributed by atoms with van der Waals surface area (Å²) in [4.78, 5) is 12.0. The minimum absolute atomic E-state index is 0.154. The highest BCUT2D eigenvalue weighted by atomic mass is 79.9. The standard InChI is InChI=1S/C14H21BrN2O3S/c1-10(2)8-17(21(4,19)20)9-14(18)16-12-6-5-11(3)13(15)7-12/h5-7,10H,8-9H2,1-4H3,(H,16,18). The van der Waals surface area contributed by atoms with Crippen molar-refractivity contribution >= 4 is 37.5 Å². The van der Waals surface area contributed by atoms with Crippen LogP contribution < -0.4 is 5.32 Å². The minimum Gasteiger partial charge on any atom is -0.325 e. The molecule has 118 valence electrons. The number of hydrogen-bond donors (Lipinski definition) is 1. The van der Waals surface area contributed by atoms with Gasteiger partial charge >= 0.3 is 0 Å². The van der Waals surface area contributed by atoms with Gasteiger partial charge in [-0.25, -0.2) is 8.42 Å². The molecule has 1 rings (SSSR count). The second kappa shape index (κ2) is 7.38. The maximum absolute atomic E-state index is 12.0. The molecular weight excluding hydrogens is 356 g/mol. The second-order valence-corrected chi connectivity index (χ2v) is 8.30. The Morgan fingerprint density at radius 3 is 2.48 bits per heavy atom. The van der Waals surface area contributed by atoms with Gasteiger partial charge < -0.3 is 5.32 Å². The van der Waals surface area contributed by atoms with Crippen LogP contribution in [0.3, 0.4) is 0 Å². The average molecular weight is 377 g/mol. The van der Waals surface area contributed by atoms with Gasteiger partial charge in [-0.05, 0) is 30.5 Å².